The van der Waals surface area contributed by atoms with Crippen molar-refractivity contribution >= 4 is 39.1 Å². The Balaban J connectivity index is 1.61. The van der Waals surface area contributed by atoms with Gasteiger partial charge in [0.25, 0.3) is 0 Å². The molecule has 0 saturated carbocycles. The Labute approximate surface area is 148 Å². The number of aromatic nitrogens is 3. The van der Waals surface area contributed by atoms with Crippen LogP contribution in [-0.4, -0.2) is 21.7 Å². The van der Waals surface area contributed by atoms with Crippen LogP contribution < -0.4 is 10.2 Å². The van der Waals surface area contributed by atoms with Crippen molar-refractivity contribution in [3.63, 3.8) is 0 Å². The molecule has 2 heterocycles. The third kappa shape index (κ3) is 2.85. The van der Waals surface area contributed by atoms with Gasteiger partial charge in [0.1, 0.15) is 0 Å². The Morgan fingerprint density at radius 1 is 1.17 bits per heavy atom. The van der Waals surface area contributed by atoms with E-state index in [1.807, 2.05) is 18.2 Å². The summed E-state index contributed by atoms with van der Waals surface area (Å²) in [6.45, 7) is 2.96. The normalized spacial score (nSPS) is 13.0. The maximum atomic E-state index is 4.63. The number of benzene rings is 2. The first-order valence-corrected chi connectivity index (χ1v) is 8.58. The zero-order valence-corrected chi connectivity index (χ0v) is 14.8. The Hall–Kier alpha value is -2.47. The highest BCUT2D eigenvalue weighted by molar-refractivity contribution is 9.10. The van der Waals surface area contributed by atoms with Crippen LogP contribution >= 0.6 is 15.9 Å². The number of aryl methyl sites for hydroxylation is 1. The summed E-state index contributed by atoms with van der Waals surface area (Å²) in [5, 5.41) is 11.4. The van der Waals surface area contributed by atoms with Gasteiger partial charge < -0.3 is 10.2 Å². The smallest absolute Gasteiger partial charge is 0.249 e. The van der Waals surface area contributed by atoms with E-state index in [1.165, 1.54) is 16.8 Å². The number of nitrogens with zero attached hydrogens (tertiary/aromatic N) is 4. The molecule has 3 aromatic rings. The van der Waals surface area contributed by atoms with Gasteiger partial charge >= 0.3 is 0 Å². The lowest BCUT2D eigenvalue weighted by molar-refractivity contribution is 0.920. The van der Waals surface area contributed by atoms with Crippen LogP contribution in [0, 0.1) is 6.92 Å². The van der Waals surface area contributed by atoms with Crippen LogP contribution in [0.5, 0.6) is 0 Å². The molecular weight excluding hydrogens is 366 g/mol. The van der Waals surface area contributed by atoms with Crippen LogP contribution in [0.2, 0.25) is 0 Å². The quantitative estimate of drug-likeness (QED) is 0.729. The predicted molar refractivity (Wildman–Crippen MR) is 99.1 cm³/mol. The average molecular weight is 382 g/mol. The van der Waals surface area contributed by atoms with Gasteiger partial charge in [-0.3, -0.25) is 0 Å². The molecule has 5 nitrogen and oxygen atoms in total. The lowest BCUT2D eigenvalue weighted by atomic mass is 10.2. The number of nitrogens with one attached hydrogen (secondary N) is 1. The molecule has 0 saturated heterocycles. The van der Waals surface area contributed by atoms with Crippen LogP contribution in [0.15, 0.2) is 53.1 Å². The molecule has 2 aromatic carbocycles. The van der Waals surface area contributed by atoms with E-state index in [9.17, 15) is 0 Å². The molecule has 1 aliphatic heterocycles. The van der Waals surface area contributed by atoms with E-state index in [-0.39, 0.29) is 0 Å². The summed E-state index contributed by atoms with van der Waals surface area (Å²) < 4.78 is 1.05. The van der Waals surface area contributed by atoms with E-state index in [1.54, 1.807) is 6.20 Å². The van der Waals surface area contributed by atoms with Crippen LogP contribution in [0.1, 0.15) is 11.1 Å². The summed E-state index contributed by atoms with van der Waals surface area (Å²) in [5.74, 6) is 1.30. The predicted octanol–water partition coefficient (Wildman–Crippen LogP) is 4.38. The maximum absolute atomic E-state index is 4.63. The Morgan fingerprint density at radius 3 is 2.92 bits per heavy atom. The third-order valence-corrected chi connectivity index (χ3v) is 4.99. The molecule has 1 aromatic heterocycles. The van der Waals surface area contributed by atoms with Crippen molar-refractivity contribution in [3.8, 4) is 0 Å². The number of halogens is 1. The number of hydrogen-bond donors (Lipinski definition) is 1. The first-order chi connectivity index (χ1) is 11.7. The minimum Gasteiger partial charge on any atom is -0.324 e. The number of rotatable bonds is 3. The summed E-state index contributed by atoms with van der Waals surface area (Å²) >= 11 is 3.54. The van der Waals surface area contributed by atoms with Gasteiger partial charge in [0.15, 0.2) is 5.82 Å². The zero-order chi connectivity index (χ0) is 16.5. The third-order valence-electron chi connectivity index (χ3n) is 4.14. The van der Waals surface area contributed by atoms with Gasteiger partial charge in [0.05, 0.1) is 6.20 Å². The lowest BCUT2D eigenvalue weighted by Gasteiger charge is -2.18. The first-order valence-electron chi connectivity index (χ1n) is 7.79. The van der Waals surface area contributed by atoms with Gasteiger partial charge in [-0.2, -0.15) is 10.1 Å². The SMILES string of the molecule is Cc1ccc(Nc2nncc(N3CCc4ccccc43)n2)cc1Br. The molecule has 4 rings (SSSR count). The van der Waals surface area contributed by atoms with Crippen molar-refractivity contribution in [2.75, 3.05) is 16.8 Å². The maximum Gasteiger partial charge on any atom is 0.249 e. The molecule has 0 unspecified atom stereocenters. The van der Waals surface area contributed by atoms with E-state index in [4.69, 9.17) is 0 Å². The largest absolute Gasteiger partial charge is 0.324 e. The van der Waals surface area contributed by atoms with Crippen molar-refractivity contribution in [1.82, 2.24) is 15.2 Å². The first kappa shape index (κ1) is 15.1. The second kappa shape index (κ2) is 6.20. The number of fused-ring (bicyclic) bond motifs is 1. The van der Waals surface area contributed by atoms with Crippen molar-refractivity contribution in [1.29, 1.82) is 0 Å². The van der Waals surface area contributed by atoms with Crippen LogP contribution in [0.3, 0.4) is 0 Å². The zero-order valence-electron chi connectivity index (χ0n) is 13.2. The van der Waals surface area contributed by atoms with Crippen molar-refractivity contribution in [3.05, 3.63) is 64.3 Å². The number of anilines is 4. The van der Waals surface area contributed by atoms with Gasteiger partial charge in [0.2, 0.25) is 5.95 Å². The summed E-state index contributed by atoms with van der Waals surface area (Å²) in [4.78, 5) is 6.81. The summed E-state index contributed by atoms with van der Waals surface area (Å²) in [6.07, 6.45) is 2.73. The van der Waals surface area contributed by atoms with E-state index in [0.717, 1.165) is 28.9 Å². The molecule has 0 bridgehead atoms. The van der Waals surface area contributed by atoms with Gasteiger partial charge in [-0.1, -0.05) is 40.2 Å². The fraction of sp³-hybridized carbons (Fsp3) is 0.167. The minimum absolute atomic E-state index is 0.493. The average Bonchev–Trinajstić information content (AvgIpc) is 3.03. The number of hydrogen-bond acceptors (Lipinski definition) is 5. The fourth-order valence-corrected chi connectivity index (χ4v) is 3.23. The van der Waals surface area contributed by atoms with E-state index < -0.39 is 0 Å². The van der Waals surface area contributed by atoms with Crippen molar-refractivity contribution < 1.29 is 0 Å². The molecule has 1 N–H and O–H groups in total. The molecule has 0 atom stereocenters. The van der Waals surface area contributed by atoms with Crippen molar-refractivity contribution in [2.24, 2.45) is 0 Å². The summed E-state index contributed by atoms with van der Waals surface area (Å²) in [5.41, 5.74) is 4.64. The Bertz CT molecular complexity index is 896. The standard InChI is InChI=1S/C18H16BrN5/c1-12-6-7-14(10-15(12)19)21-18-22-17(11-20-23-18)24-9-8-13-4-2-3-5-16(13)24/h2-7,10-11H,8-9H2,1H3,(H,21,22,23). The van der Waals surface area contributed by atoms with Gasteiger partial charge in [0, 0.05) is 22.4 Å². The molecular formula is C18H16BrN5. The summed E-state index contributed by atoms with van der Waals surface area (Å²) in [7, 11) is 0. The molecule has 0 radical (unpaired) electrons. The van der Waals surface area contributed by atoms with Gasteiger partial charge in [-0.15, -0.1) is 5.10 Å². The molecule has 0 spiro atoms. The van der Waals surface area contributed by atoms with E-state index in [2.05, 4.69) is 72.5 Å². The molecule has 120 valence electrons. The highest BCUT2D eigenvalue weighted by atomic mass is 79.9. The lowest BCUT2D eigenvalue weighted by Crippen LogP contribution is -2.16. The minimum atomic E-state index is 0.493. The van der Waals surface area contributed by atoms with Crippen LogP contribution in [0.4, 0.5) is 23.1 Å². The molecule has 24 heavy (non-hydrogen) atoms. The van der Waals surface area contributed by atoms with E-state index >= 15 is 0 Å². The Morgan fingerprint density at radius 2 is 2.04 bits per heavy atom. The topological polar surface area (TPSA) is 53.9 Å². The highest BCUT2D eigenvalue weighted by Gasteiger charge is 2.21. The molecule has 0 fully saturated rings. The molecule has 6 heteroatoms. The Kier molecular flexibility index (Phi) is 3.90. The van der Waals surface area contributed by atoms with Crippen LogP contribution in [-0.2, 0) is 6.42 Å². The van der Waals surface area contributed by atoms with E-state index in [0.29, 0.717) is 5.95 Å². The van der Waals surface area contributed by atoms with Crippen molar-refractivity contribution in [2.45, 2.75) is 13.3 Å². The molecule has 0 aliphatic carbocycles. The monoisotopic (exact) mass is 381 g/mol. The highest BCUT2D eigenvalue weighted by Crippen LogP contribution is 2.33. The number of para-hydroxylation sites is 1. The summed E-state index contributed by atoms with van der Waals surface area (Å²) in [6, 6.07) is 14.5. The molecule has 0 amide bonds. The van der Waals surface area contributed by atoms with Gasteiger partial charge in [-0.25, -0.2) is 0 Å². The second-order valence-electron chi connectivity index (χ2n) is 5.76. The fourth-order valence-electron chi connectivity index (χ4n) is 2.85. The second-order valence-corrected chi connectivity index (χ2v) is 6.61. The van der Waals surface area contributed by atoms with Crippen LogP contribution in [0.25, 0.3) is 0 Å². The van der Waals surface area contributed by atoms with Gasteiger partial charge in [-0.05, 0) is 42.7 Å². The molecule has 1 aliphatic rings.